The fraction of sp³-hybridized carbons (Fsp3) is 0.267. The van der Waals surface area contributed by atoms with Gasteiger partial charge in [0, 0.05) is 12.7 Å². The molecule has 0 aliphatic carbocycles. The van der Waals surface area contributed by atoms with E-state index >= 15 is 0 Å². The summed E-state index contributed by atoms with van der Waals surface area (Å²) in [4.78, 5) is 3.83. The summed E-state index contributed by atoms with van der Waals surface area (Å²) in [6.45, 7) is 3.25. The van der Waals surface area contributed by atoms with Gasteiger partial charge in [-0.1, -0.05) is 6.92 Å². The van der Waals surface area contributed by atoms with Crippen LogP contribution in [0.25, 0.3) is 0 Å². The van der Waals surface area contributed by atoms with Crippen molar-refractivity contribution >= 4 is 0 Å². The van der Waals surface area contributed by atoms with E-state index in [2.05, 4.69) is 10.3 Å². The maximum absolute atomic E-state index is 13.9. The molecule has 0 spiro atoms. The van der Waals surface area contributed by atoms with Crippen molar-refractivity contribution in [2.75, 3.05) is 6.54 Å². The van der Waals surface area contributed by atoms with Gasteiger partial charge in [0.15, 0.2) is 17.4 Å². The van der Waals surface area contributed by atoms with E-state index in [0.717, 1.165) is 13.0 Å². The Morgan fingerprint density at radius 3 is 2.60 bits per heavy atom. The molecule has 1 heterocycles. The monoisotopic (exact) mass is 278 g/mol. The second-order valence-electron chi connectivity index (χ2n) is 4.36. The number of rotatable bonds is 6. The summed E-state index contributed by atoms with van der Waals surface area (Å²) in [7, 11) is 0. The summed E-state index contributed by atoms with van der Waals surface area (Å²) in [6, 6.07) is 5.77. The van der Waals surface area contributed by atoms with Gasteiger partial charge in [0.05, 0.1) is 6.20 Å². The number of hydrogen-bond donors (Lipinski definition) is 1. The molecule has 0 unspecified atom stereocenters. The fourth-order valence-corrected chi connectivity index (χ4v) is 1.75. The van der Waals surface area contributed by atoms with Gasteiger partial charge in [-0.05, 0) is 42.8 Å². The van der Waals surface area contributed by atoms with Crippen LogP contribution in [0.5, 0.6) is 11.5 Å². The van der Waals surface area contributed by atoms with Crippen LogP contribution in [0.3, 0.4) is 0 Å². The van der Waals surface area contributed by atoms with Crippen LogP contribution in [0.4, 0.5) is 8.78 Å². The molecular formula is C15H16F2N2O. The molecule has 1 aromatic heterocycles. The number of ether oxygens (including phenoxy) is 1. The largest absolute Gasteiger partial charge is 0.450 e. The van der Waals surface area contributed by atoms with E-state index in [9.17, 15) is 8.78 Å². The quantitative estimate of drug-likeness (QED) is 0.819. The molecule has 0 saturated carbocycles. The molecule has 0 atom stereocenters. The first-order chi connectivity index (χ1) is 9.70. The van der Waals surface area contributed by atoms with E-state index in [4.69, 9.17) is 4.74 Å². The van der Waals surface area contributed by atoms with E-state index in [-0.39, 0.29) is 0 Å². The average Bonchev–Trinajstić information content (AvgIpc) is 2.44. The highest BCUT2D eigenvalue weighted by Crippen LogP contribution is 2.28. The number of benzene rings is 1. The zero-order valence-corrected chi connectivity index (χ0v) is 11.2. The maximum atomic E-state index is 13.9. The Morgan fingerprint density at radius 2 is 2.00 bits per heavy atom. The summed E-state index contributed by atoms with van der Waals surface area (Å²) >= 11 is 0. The SMILES string of the molecule is CCCNCc1cc(F)c(Oc2cccnc2)c(F)c1. The zero-order chi connectivity index (χ0) is 14.4. The molecule has 0 aliphatic heterocycles. The Morgan fingerprint density at radius 1 is 1.25 bits per heavy atom. The molecule has 0 aliphatic rings. The van der Waals surface area contributed by atoms with Gasteiger partial charge in [-0.3, -0.25) is 4.98 Å². The van der Waals surface area contributed by atoms with E-state index in [1.807, 2.05) is 6.92 Å². The predicted molar refractivity (Wildman–Crippen MR) is 72.7 cm³/mol. The third-order valence-corrected chi connectivity index (χ3v) is 2.67. The van der Waals surface area contributed by atoms with Gasteiger partial charge in [-0.15, -0.1) is 0 Å². The van der Waals surface area contributed by atoms with Crippen molar-refractivity contribution in [3.63, 3.8) is 0 Å². The van der Waals surface area contributed by atoms with Crippen molar-refractivity contribution in [2.24, 2.45) is 0 Å². The van der Waals surface area contributed by atoms with Gasteiger partial charge in [-0.25, -0.2) is 8.78 Å². The van der Waals surface area contributed by atoms with E-state index in [1.165, 1.54) is 18.3 Å². The van der Waals surface area contributed by atoms with Crippen LogP contribution in [0.1, 0.15) is 18.9 Å². The smallest absolute Gasteiger partial charge is 0.198 e. The van der Waals surface area contributed by atoms with Gasteiger partial charge in [0.2, 0.25) is 0 Å². The summed E-state index contributed by atoms with van der Waals surface area (Å²) in [5, 5.41) is 3.09. The minimum atomic E-state index is -0.720. The van der Waals surface area contributed by atoms with Crippen LogP contribution in [0.15, 0.2) is 36.7 Å². The van der Waals surface area contributed by atoms with Crippen molar-refractivity contribution in [3.8, 4) is 11.5 Å². The second-order valence-corrected chi connectivity index (χ2v) is 4.36. The molecule has 2 aromatic rings. The highest BCUT2D eigenvalue weighted by molar-refractivity contribution is 5.35. The molecule has 3 nitrogen and oxygen atoms in total. The lowest BCUT2D eigenvalue weighted by atomic mass is 10.2. The lowest BCUT2D eigenvalue weighted by molar-refractivity contribution is 0.405. The molecule has 0 amide bonds. The first-order valence-electron chi connectivity index (χ1n) is 6.47. The molecule has 0 radical (unpaired) electrons. The summed E-state index contributed by atoms with van der Waals surface area (Å²) < 4.78 is 33.0. The first kappa shape index (κ1) is 14.4. The lowest BCUT2D eigenvalue weighted by Gasteiger charge is -2.10. The van der Waals surface area contributed by atoms with Gasteiger partial charge >= 0.3 is 0 Å². The Kier molecular flexibility index (Phi) is 5.01. The second kappa shape index (κ2) is 6.96. The highest BCUT2D eigenvalue weighted by Gasteiger charge is 2.13. The van der Waals surface area contributed by atoms with E-state index in [0.29, 0.717) is 17.9 Å². The maximum Gasteiger partial charge on any atom is 0.198 e. The number of nitrogens with zero attached hydrogens (tertiary/aromatic N) is 1. The molecule has 0 saturated heterocycles. The van der Waals surface area contributed by atoms with E-state index in [1.54, 1.807) is 18.3 Å². The fourth-order valence-electron chi connectivity index (χ4n) is 1.75. The van der Waals surface area contributed by atoms with Crippen molar-refractivity contribution in [1.29, 1.82) is 0 Å². The van der Waals surface area contributed by atoms with Crippen molar-refractivity contribution in [2.45, 2.75) is 19.9 Å². The number of halogens is 2. The Hall–Kier alpha value is -2.01. The summed E-state index contributed by atoms with van der Waals surface area (Å²) in [6.07, 6.45) is 3.92. The predicted octanol–water partition coefficient (Wildman–Crippen LogP) is 3.65. The highest BCUT2D eigenvalue weighted by atomic mass is 19.1. The topological polar surface area (TPSA) is 34.1 Å². The molecule has 5 heteroatoms. The number of pyridine rings is 1. The van der Waals surface area contributed by atoms with Crippen LogP contribution in [-0.2, 0) is 6.54 Å². The third kappa shape index (κ3) is 3.74. The van der Waals surface area contributed by atoms with Crippen LogP contribution in [0.2, 0.25) is 0 Å². The average molecular weight is 278 g/mol. The van der Waals surface area contributed by atoms with Crippen LogP contribution in [0, 0.1) is 11.6 Å². The zero-order valence-electron chi connectivity index (χ0n) is 11.2. The normalized spacial score (nSPS) is 10.6. The Bertz CT molecular complexity index is 538. The Labute approximate surface area is 116 Å². The molecular weight excluding hydrogens is 262 g/mol. The van der Waals surface area contributed by atoms with Gasteiger partial charge in [0.1, 0.15) is 5.75 Å². The number of nitrogens with one attached hydrogen (secondary N) is 1. The number of aromatic nitrogens is 1. The van der Waals surface area contributed by atoms with Gasteiger partial charge in [0.25, 0.3) is 0 Å². The first-order valence-corrected chi connectivity index (χ1v) is 6.47. The molecule has 106 valence electrons. The van der Waals surface area contributed by atoms with Crippen LogP contribution >= 0.6 is 0 Å². The molecule has 20 heavy (non-hydrogen) atoms. The summed E-state index contributed by atoms with van der Waals surface area (Å²) in [5.74, 6) is -1.55. The van der Waals surface area contributed by atoms with Gasteiger partial charge < -0.3 is 10.1 Å². The van der Waals surface area contributed by atoms with Crippen molar-refractivity contribution in [3.05, 3.63) is 53.9 Å². The van der Waals surface area contributed by atoms with Crippen LogP contribution in [-0.4, -0.2) is 11.5 Å². The molecule has 1 aromatic carbocycles. The van der Waals surface area contributed by atoms with Crippen molar-refractivity contribution < 1.29 is 13.5 Å². The molecule has 1 N–H and O–H groups in total. The lowest BCUT2D eigenvalue weighted by Crippen LogP contribution is -2.14. The molecule has 2 rings (SSSR count). The van der Waals surface area contributed by atoms with Crippen molar-refractivity contribution in [1.82, 2.24) is 10.3 Å². The summed E-state index contributed by atoms with van der Waals surface area (Å²) in [5.41, 5.74) is 0.548. The minimum Gasteiger partial charge on any atom is -0.450 e. The number of hydrogen-bond acceptors (Lipinski definition) is 3. The molecule has 0 bridgehead atoms. The van der Waals surface area contributed by atoms with E-state index < -0.39 is 17.4 Å². The Balaban J connectivity index is 2.14. The minimum absolute atomic E-state index is 0.294. The third-order valence-electron chi connectivity index (χ3n) is 2.67. The van der Waals surface area contributed by atoms with Crippen LogP contribution < -0.4 is 10.1 Å². The standard InChI is InChI=1S/C15H16F2N2O/c1-2-5-18-9-11-7-13(16)15(14(17)8-11)20-12-4-3-6-19-10-12/h3-4,6-8,10,18H,2,5,9H2,1H3. The van der Waals surface area contributed by atoms with Gasteiger partial charge in [-0.2, -0.15) is 0 Å². The molecule has 0 fully saturated rings.